The molecule has 0 aliphatic carbocycles. The van der Waals surface area contributed by atoms with Crippen LogP contribution in [0, 0.1) is 5.92 Å². The van der Waals surface area contributed by atoms with Crippen LogP contribution < -0.4 is 0 Å². The van der Waals surface area contributed by atoms with Crippen molar-refractivity contribution in [1.82, 2.24) is 4.98 Å². The molecule has 0 bridgehead atoms. The molecule has 3 heteroatoms. The molecule has 2 rings (SSSR count). The molecule has 0 saturated carbocycles. The summed E-state index contributed by atoms with van der Waals surface area (Å²) >= 11 is 0. The van der Waals surface area contributed by atoms with Crippen LogP contribution in [0.5, 0.6) is 0 Å². The van der Waals surface area contributed by atoms with Gasteiger partial charge in [-0.05, 0) is 37.8 Å². The summed E-state index contributed by atoms with van der Waals surface area (Å²) in [6, 6.07) is 9.39. The Kier molecular flexibility index (Phi) is 4.72. The third-order valence-electron chi connectivity index (χ3n) is 3.31. The molecule has 1 aromatic heterocycles. The van der Waals surface area contributed by atoms with Crippen LogP contribution in [0.1, 0.15) is 44.0 Å². The van der Waals surface area contributed by atoms with Gasteiger partial charge in [0, 0.05) is 11.6 Å². The first-order valence-electron chi connectivity index (χ1n) is 7.12. The summed E-state index contributed by atoms with van der Waals surface area (Å²) in [6.45, 7) is 6.28. The number of nitrogens with zero attached hydrogens (tertiary/aromatic N) is 1. The first-order chi connectivity index (χ1) is 9.58. The van der Waals surface area contributed by atoms with Crippen LogP contribution in [-0.4, -0.2) is 17.1 Å². The smallest absolute Gasteiger partial charge is 0.340 e. The number of carbonyl (C=O) groups is 1. The van der Waals surface area contributed by atoms with E-state index >= 15 is 0 Å². The fourth-order valence-corrected chi connectivity index (χ4v) is 2.14. The van der Waals surface area contributed by atoms with Crippen molar-refractivity contribution in [3.05, 3.63) is 42.1 Å². The predicted molar refractivity (Wildman–Crippen MR) is 80.7 cm³/mol. The van der Waals surface area contributed by atoms with Crippen LogP contribution in [0.3, 0.4) is 0 Å². The third-order valence-corrected chi connectivity index (χ3v) is 3.31. The van der Waals surface area contributed by atoms with Crippen LogP contribution >= 0.6 is 0 Å². The van der Waals surface area contributed by atoms with Crippen molar-refractivity contribution in [3.63, 3.8) is 0 Å². The van der Waals surface area contributed by atoms with Crippen molar-refractivity contribution in [1.29, 1.82) is 0 Å². The molecule has 0 aliphatic heterocycles. The van der Waals surface area contributed by atoms with E-state index in [0.29, 0.717) is 17.0 Å². The number of benzene rings is 1. The van der Waals surface area contributed by atoms with Crippen molar-refractivity contribution in [2.75, 3.05) is 0 Å². The number of esters is 1. The second kappa shape index (κ2) is 6.51. The molecule has 0 fully saturated rings. The normalized spacial score (nSPS) is 12.6. The Balaban J connectivity index is 2.11. The summed E-state index contributed by atoms with van der Waals surface area (Å²) in [5.41, 5.74) is 1.25. The quantitative estimate of drug-likeness (QED) is 0.764. The molecule has 3 nitrogen and oxygen atoms in total. The average Bonchev–Trinajstić information content (AvgIpc) is 2.44. The first kappa shape index (κ1) is 14.5. The second-order valence-corrected chi connectivity index (χ2v) is 5.57. The molecule has 2 aromatic rings. The molecule has 0 spiro atoms. The van der Waals surface area contributed by atoms with E-state index in [4.69, 9.17) is 4.74 Å². The lowest BCUT2D eigenvalue weighted by Crippen LogP contribution is -2.16. The summed E-state index contributed by atoms with van der Waals surface area (Å²) in [5.74, 6) is 0.334. The lowest BCUT2D eigenvalue weighted by molar-refractivity contribution is 0.0316. The van der Waals surface area contributed by atoms with E-state index in [-0.39, 0.29) is 12.1 Å². The van der Waals surface area contributed by atoms with E-state index in [1.54, 1.807) is 12.3 Å². The Morgan fingerprint density at radius 3 is 2.65 bits per heavy atom. The molecule has 106 valence electrons. The molecular formula is C17H21NO2. The SMILES string of the molecule is CC(C)CCC(C)OC(=O)c1cccc2cccnc12. The molecule has 1 unspecified atom stereocenters. The Labute approximate surface area is 120 Å². The van der Waals surface area contributed by atoms with Crippen LogP contribution in [0.2, 0.25) is 0 Å². The van der Waals surface area contributed by atoms with Crippen LogP contribution in [0.25, 0.3) is 10.9 Å². The Hall–Kier alpha value is -1.90. The summed E-state index contributed by atoms with van der Waals surface area (Å²) in [4.78, 5) is 16.5. The zero-order chi connectivity index (χ0) is 14.5. The number of pyridine rings is 1. The van der Waals surface area contributed by atoms with Crippen molar-refractivity contribution in [2.24, 2.45) is 5.92 Å². The molecule has 1 atom stereocenters. The minimum atomic E-state index is -0.287. The van der Waals surface area contributed by atoms with Crippen LogP contribution in [0.4, 0.5) is 0 Å². The van der Waals surface area contributed by atoms with Gasteiger partial charge in [-0.15, -0.1) is 0 Å². The highest BCUT2D eigenvalue weighted by Crippen LogP contribution is 2.18. The van der Waals surface area contributed by atoms with Gasteiger partial charge < -0.3 is 4.74 Å². The van der Waals surface area contributed by atoms with E-state index in [9.17, 15) is 4.79 Å². The van der Waals surface area contributed by atoms with Gasteiger partial charge in [-0.3, -0.25) is 4.98 Å². The van der Waals surface area contributed by atoms with Gasteiger partial charge in [-0.2, -0.15) is 0 Å². The molecule has 0 amide bonds. The molecular weight excluding hydrogens is 250 g/mol. The van der Waals surface area contributed by atoms with Crippen molar-refractivity contribution in [3.8, 4) is 0 Å². The lowest BCUT2D eigenvalue weighted by atomic mass is 10.1. The van der Waals surface area contributed by atoms with E-state index in [2.05, 4.69) is 18.8 Å². The number of fused-ring (bicyclic) bond motifs is 1. The molecule has 1 heterocycles. The number of hydrogen-bond donors (Lipinski definition) is 0. The van der Waals surface area contributed by atoms with Crippen molar-refractivity contribution >= 4 is 16.9 Å². The molecule has 0 aliphatic rings. The Morgan fingerprint density at radius 2 is 1.90 bits per heavy atom. The molecule has 0 N–H and O–H groups in total. The molecule has 20 heavy (non-hydrogen) atoms. The Bertz CT molecular complexity index is 587. The van der Waals surface area contributed by atoms with E-state index in [1.807, 2.05) is 31.2 Å². The maximum Gasteiger partial charge on any atom is 0.340 e. The maximum absolute atomic E-state index is 12.3. The standard InChI is InChI=1S/C17H21NO2/c1-12(2)9-10-13(3)20-17(19)15-8-4-6-14-7-5-11-18-16(14)15/h4-8,11-13H,9-10H2,1-3H3. The first-order valence-corrected chi connectivity index (χ1v) is 7.12. The summed E-state index contributed by atoms with van der Waals surface area (Å²) in [5, 5.41) is 0.955. The topological polar surface area (TPSA) is 39.2 Å². The molecule has 0 saturated heterocycles. The second-order valence-electron chi connectivity index (χ2n) is 5.57. The number of aromatic nitrogens is 1. The number of para-hydroxylation sites is 1. The van der Waals surface area contributed by atoms with Crippen LogP contribution in [0.15, 0.2) is 36.5 Å². The highest BCUT2D eigenvalue weighted by atomic mass is 16.5. The van der Waals surface area contributed by atoms with Gasteiger partial charge in [0.05, 0.1) is 17.2 Å². The van der Waals surface area contributed by atoms with Gasteiger partial charge in [0.25, 0.3) is 0 Å². The molecule has 1 aromatic carbocycles. The number of carbonyl (C=O) groups excluding carboxylic acids is 1. The lowest BCUT2D eigenvalue weighted by Gasteiger charge is -2.15. The summed E-state index contributed by atoms with van der Waals surface area (Å²) in [7, 11) is 0. The van der Waals surface area contributed by atoms with E-state index in [0.717, 1.165) is 18.2 Å². The average molecular weight is 271 g/mol. The monoisotopic (exact) mass is 271 g/mol. The number of rotatable bonds is 5. The zero-order valence-electron chi connectivity index (χ0n) is 12.3. The minimum absolute atomic E-state index is 0.0659. The summed E-state index contributed by atoms with van der Waals surface area (Å²) < 4.78 is 5.52. The highest BCUT2D eigenvalue weighted by Gasteiger charge is 2.15. The number of hydrogen-bond acceptors (Lipinski definition) is 3. The highest BCUT2D eigenvalue weighted by molar-refractivity contribution is 6.02. The fourth-order valence-electron chi connectivity index (χ4n) is 2.14. The summed E-state index contributed by atoms with van der Waals surface area (Å²) in [6.07, 6.45) is 3.58. The van der Waals surface area contributed by atoms with Gasteiger partial charge in [-0.1, -0.05) is 32.0 Å². The Morgan fingerprint density at radius 1 is 1.15 bits per heavy atom. The fraction of sp³-hybridized carbons (Fsp3) is 0.412. The van der Waals surface area contributed by atoms with Gasteiger partial charge in [-0.25, -0.2) is 4.79 Å². The van der Waals surface area contributed by atoms with E-state index in [1.165, 1.54) is 0 Å². The zero-order valence-corrected chi connectivity index (χ0v) is 12.3. The van der Waals surface area contributed by atoms with Gasteiger partial charge in [0.1, 0.15) is 0 Å². The third kappa shape index (κ3) is 3.56. The van der Waals surface area contributed by atoms with Crippen molar-refractivity contribution in [2.45, 2.75) is 39.7 Å². The largest absolute Gasteiger partial charge is 0.459 e. The molecule has 0 radical (unpaired) electrons. The van der Waals surface area contributed by atoms with Crippen LogP contribution in [-0.2, 0) is 4.74 Å². The van der Waals surface area contributed by atoms with Gasteiger partial charge >= 0.3 is 5.97 Å². The number of ether oxygens (including phenoxy) is 1. The predicted octanol–water partition coefficient (Wildman–Crippen LogP) is 4.22. The van der Waals surface area contributed by atoms with Gasteiger partial charge in [0.2, 0.25) is 0 Å². The van der Waals surface area contributed by atoms with E-state index < -0.39 is 0 Å². The maximum atomic E-state index is 12.3. The van der Waals surface area contributed by atoms with Gasteiger partial charge in [0.15, 0.2) is 0 Å². The van der Waals surface area contributed by atoms with Crippen molar-refractivity contribution < 1.29 is 9.53 Å². The minimum Gasteiger partial charge on any atom is -0.459 e.